The van der Waals surface area contributed by atoms with Crippen molar-refractivity contribution in [2.45, 2.75) is 24.6 Å². The van der Waals surface area contributed by atoms with Crippen molar-refractivity contribution in [3.8, 4) is 0 Å². The lowest BCUT2D eigenvalue weighted by atomic mass is 10.0. The molecule has 2 nitrogen and oxygen atoms in total. The van der Waals surface area contributed by atoms with Gasteiger partial charge in [-0.1, -0.05) is 35.4 Å². The number of hydrogen-bond donors (Lipinski definition) is 1. The summed E-state index contributed by atoms with van der Waals surface area (Å²) in [6, 6.07) is 0. The van der Waals surface area contributed by atoms with Gasteiger partial charge in [0.05, 0.1) is 0 Å². The van der Waals surface area contributed by atoms with Crippen LogP contribution in [0.4, 0.5) is 0 Å². The number of carboxylic acid groups (broad SMARTS) is 1. The molecule has 0 aromatic rings. The molecule has 0 spiro atoms. The van der Waals surface area contributed by atoms with Gasteiger partial charge in [0.1, 0.15) is 4.83 Å². The van der Waals surface area contributed by atoms with Gasteiger partial charge in [0.15, 0.2) is 0 Å². The van der Waals surface area contributed by atoms with Crippen LogP contribution in [0.2, 0.25) is 0 Å². The smallest absolute Gasteiger partial charge is 0.317 e. The zero-order chi connectivity index (χ0) is 8.85. The number of alkyl halides is 1. The monoisotopic (exact) mass is 220 g/mol. The molecule has 0 aromatic carbocycles. The van der Waals surface area contributed by atoms with Crippen LogP contribution < -0.4 is 0 Å². The quantitative estimate of drug-likeness (QED) is 0.571. The molecule has 0 unspecified atom stereocenters. The van der Waals surface area contributed by atoms with Gasteiger partial charge in [0, 0.05) is 0 Å². The second-order valence-electron chi connectivity index (χ2n) is 2.43. The van der Waals surface area contributed by atoms with Gasteiger partial charge < -0.3 is 5.11 Å². The third-order valence-electron chi connectivity index (χ3n) is 1.54. The molecule has 0 aliphatic heterocycles. The van der Waals surface area contributed by atoms with E-state index in [4.69, 9.17) is 5.11 Å². The second kappa shape index (κ2) is 5.35. The molecule has 0 amide bonds. The number of aliphatic carboxylic acids is 1. The molecule has 0 aliphatic rings. The van der Waals surface area contributed by atoms with E-state index in [2.05, 4.69) is 22.5 Å². The van der Waals surface area contributed by atoms with Gasteiger partial charge in [-0.15, -0.1) is 6.58 Å². The average molecular weight is 221 g/mol. The van der Waals surface area contributed by atoms with Crippen LogP contribution in [-0.2, 0) is 4.79 Å². The standard InChI is InChI=1S/C8H13BrO2/c1-3-5-6(4-2)7(9)8(10)11/h4,6-7H,2-3,5H2,1H3,(H,10,11)/t6-,7+/m0/s1. The van der Waals surface area contributed by atoms with Crippen LogP contribution in [0.5, 0.6) is 0 Å². The van der Waals surface area contributed by atoms with E-state index in [0.717, 1.165) is 12.8 Å². The summed E-state index contributed by atoms with van der Waals surface area (Å²) >= 11 is 3.10. The molecule has 0 bridgehead atoms. The molecule has 0 saturated carbocycles. The fourth-order valence-corrected chi connectivity index (χ4v) is 1.38. The minimum absolute atomic E-state index is 0.0394. The van der Waals surface area contributed by atoms with Crippen LogP contribution in [0.25, 0.3) is 0 Å². The largest absolute Gasteiger partial charge is 0.480 e. The summed E-state index contributed by atoms with van der Waals surface area (Å²) in [6.45, 7) is 5.62. The molecule has 0 aliphatic carbocycles. The Bertz CT molecular complexity index is 145. The van der Waals surface area contributed by atoms with Crippen LogP contribution in [-0.4, -0.2) is 15.9 Å². The summed E-state index contributed by atoms with van der Waals surface area (Å²) in [5.74, 6) is -0.777. The molecule has 0 aromatic heterocycles. The van der Waals surface area contributed by atoms with Gasteiger partial charge in [0.25, 0.3) is 0 Å². The van der Waals surface area contributed by atoms with Crippen LogP contribution in [0.15, 0.2) is 12.7 Å². The highest BCUT2D eigenvalue weighted by molar-refractivity contribution is 9.10. The van der Waals surface area contributed by atoms with E-state index in [1.165, 1.54) is 0 Å². The second-order valence-corrected chi connectivity index (χ2v) is 3.41. The Morgan fingerprint density at radius 3 is 2.64 bits per heavy atom. The number of halogens is 1. The minimum Gasteiger partial charge on any atom is -0.480 e. The summed E-state index contributed by atoms with van der Waals surface area (Å²) in [7, 11) is 0. The molecule has 0 saturated heterocycles. The first kappa shape index (κ1) is 10.7. The molecule has 3 heteroatoms. The lowest BCUT2D eigenvalue weighted by molar-refractivity contribution is -0.136. The van der Waals surface area contributed by atoms with Crippen molar-refractivity contribution in [1.82, 2.24) is 0 Å². The SMILES string of the molecule is C=C[C@@H](CCC)[C@@H](Br)C(=O)O. The van der Waals surface area contributed by atoms with E-state index < -0.39 is 10.8 Å². The zero-order valence-corrected chi connectivity index (χ0v) is 8.17. The summed E-state index contributed by atoms with van der Waals surface area (Å²) in [4.78, 5) is 9.99. The van der Waals surface area contributed by atoms with Crippen molar-refractivity contribution >= 4 is 21.9 Å². The molecule has 64 valence electrons. The van der Waals surface area contributed by atoms with Crippen LogP contribution >= 0.6 is 15.9 Å². The number of hydrogen-bond acceptors (Lipinski definition) is 1. The number of rotatable bonds is 5. The Balaban J connectivity index is 4.01. The highest BCUT2D eigenvalue weighted by atomic mass is 79.9. The molecule has 1 N–H and O–H groups in total. The van der Waals surface area contributed by atoms with Gasteiger partial charge in [-0.3, -0.25) is 4.79 Å². The maximum absolute atomic E-state index is 10.5. The van der Waals surface area contributed by atoms with Gasteiger partial charge >= 0.3 is 5.97 Å². The van der Waals surface area contributed by atoms with E-state index >= 15 is 0 Å². The normalized spacial score (nSPS) is 15.5. The van der Waals surface area contributed by atoms with E-state index in [9.17, 15) is 4.79 Å². The van der Waals surface area contributed by atoms with E-state index in [1.54, 1.807) is 6.08 Å². The first-order valence-corrected chi connectivity index (χ1v) is 4.54. The molecule has 2 atom stereocenters. The van der Waals surface area contributed by atoms with Crippen molar-refractivity contribution < 1.29 is 9.90 Å². The Hall–Kier alpha value is -0.310. The predicted molar refractivity (Wildman–Crippen MR) is 48.9 cm³/mol. The Morgan fingerprint density at radius 2 is 2.36 bits per heavy atom. The molecule has 0 rings (SSSR count). The van der Waals surface area contributed by atoms with E-state index in [0.29, 0.717) is 0 Å². The van der Waals surface area contributed by atoms with Crippen molar-refractivity contribution in [2.75, 3.05) is 0 Å². The van der Waals surface area contributed by atoms with Gasteiger partial charge in [0.2, 0.25) is 0 Å². The highest BCUT2D eigenvalue weighted by Crippen LogP contribution is 2.19. The van der Waals surface area contributed by atoms with Crippen molar-refractivity contribution in [3.05, 3.63) is 12.7 Å². The summed E-state index contributed by atoms with van der Waals surface area (Å²) in [5, 5.41) is 8.62. The summed E-state index contributed by atoms with van der Waals surface area (Å²) in [5.41, 5.74) is 0. The maximum Gasteiger partial charge on any atom is 0.317 e. The highest BCUT2D eigenvalue weighted by Gasteiger charge is 2.21. The summed E-state index contributed by atoms with van der Waals surface area (Å²) < 4.78 is 0. The van der Waals surface area contributed by atoms with Crippen molar-refractivity contribution in [1.29, 1.82) is 0 Å². The molecule has 11 heavy (non-hydrogen) atoms. The Kier molecular flexibility index (Phi) is 5.20. The minimum atomic E-state index is -0.816. The molecule has 0 radical (unpaired) electrons. The maximum atomic E-state index is 10.5. The number of carbonyl (C=O) groups is 1. The van der Waals surface area contributed by atoms with E-state index in [-0.39, 0.29) is 5.92 Å². The first-order chi connectivity index (χ1) is 5.13. The Morgan fingerprint density at radius 1 is 1.82 bits per heavy atom. The fraction of sp³-hybridized carbons (Fsp3) is 0.625. The lowest BCUT2D eigenvalue weighted by Gasteiger charge is -2.13. The summed E-state index contributed by atoms with van der Waals surface area (Å²) in [6.07, 6.45) is 3.54. The number of carboxylic acids is 1. The topological polar surface area (TPSA) is 37.3 Å². The molecular formula is C8H13BrO2. The third-order valence-corrected chi connectivity index (χ3v) is 2.61. The van der Waals surface area contributed by atoms with E-state index in [1.807, 2.05) is 6.92 Å². The molecule has 0 fully saturated rings. The average Bonchev–Trinajstić information content (AvgIpc) is 1.98. The fourth-order valence-electron chi connectivity index (χ4n) is 0.900. The van der Waals surface area contributed by atoms with Gasteiger partial charge in [-0.2, -0.15) is 0 Å². The molecular weight excluding hydrogens is 208 g/mol. The van der Waals surface area contributed by atoms with Crippen LogP contribution in [0, 0.1) is 5.92 Å². The predicted octanol–water partition coefficient (Wildman–Crippen LogP) is 2.44. The van der Waals surface area contributed by atoms with Crippen LogP contribution in [0.1, 0.15) is 19.8 Å². The van der Waals surface area contributed by atoms with Gasteiger partial charge in [-0.25, -0.2) is 0 Å². The van der Waals surface area contributed by atoms with Crippen molar-refractivity contribution in [2.24, 2.45) is 5.92 Å². The molecule has 0 heterocycles. The number of allylic oxidation sites excluding steroid dienone is 1. The first-order valence-electron chi connectivity index (χ1n) is 3.62. The lowest BCUT2D eigenvalue weighted by Crippen LogP contribution is -2.21. The van der Waals surface area contributed by atoms with Crippen LogP contribution in [0.3, 0.4) is 0 Å². The Labute approximate surface area is 75.4 Å². The van der Waals surface area contributed by atoms with Gasteiger partial charge in [-0.05, 0) is 12.3 Å². The van der Waals surface area contributed by atoms with Crippen molar-refractivity contribution in [3.63, 3.8) is 0 Å². The zero-order valence-electron chi connectivity index (χ0n) is 6.59. The third kappa shape index (κ3) is 3.56.